The Kier molecular flexibility index (Phi) is 7.12. The van der Waals surface area contributed by atoms with Gasteiger partial charge in [0.25, 0.3) is 5.56 Å². The summed E-state index contributed by atoms with van der Waals surface area (Å²) in [6.45, 7) is 3.87. The van der Waals surface area contributed by atoms with Gasteiger partial charge in [-0.15, -0.1) is 6.42 Å². The summed E-state index contributed by atoms with van der Waals surface area (Å²) >= 11 is 0. The number of halogens is 5. The Hall–Kier alpha value is -4.79. The first-order chi connectivity index (χ1) is 18.0. The molecule has 0 aliphatic rings. The van der Waals surface area contributed by atoms with Crippen molar-refractivity contribution >= 4 is 22.6 Å². The van der Waals surface area contributed by atoms with Crippen LogP contribution in [-0.2, 0) is 6.54 Å². The second-order valence-corrected chi connectivity index (χ2v) is 8.20. The number of fused-ring (bicyclic) bond motifs is 1. The molecule has 2 aromatic carbocycles. The lowest BCUT2D eigenvalue weighted by atomic mass is 10.0. The fourth-order valence-corrected chi connectivity index (χ4v) is 3.69. The normalized spacial score (nSPS) is 10.9. The van der Waals surface area contributed by atoms with Gasteiger partial charge in [-0.3, -0.25) is 4.79 Å². The maximum atomic E-state index is 13.8. The summed E-state index contributed by atoms with van der Waals surface area (Å²) in [5.41, 5.74) is 1.82. The Labute approximate surface area is 211 Å². The van der Waals surface area contributed by atoms with Crippen molar-refractivity contribution in [3.8, 4) is 18.1 Å². The van der Waals surface area contributed by atoms with E-state index in [1.165, 1.54) is 12.3 Å². The van der Waals surface area contributed by atoms with E-state index >= 15 is 0 Å². The molecule has 1 N–H and O–H groups in total. The largest absolute Gasteiger partial charge is 0.415 e. The monoisotopic (exact) mass is 528 g/mol. The van der Waals surface area contributed by atoms with Crippen LogP contribution in [0.5, 0.6) is 5.75 Å². The molecule has 0 atom stereocenters. The van der Waals surface area contributed by atoms with Crippen molar-refractivity contribution < 1.29 is 31.5 Å². The molecule has 0 bridgehead atoms. The van der Waals surface area contributed by atoms with E-state index < -0.39 is 46.5 Å². The lowest BCUT2D eigenvalue weighted by Crippen LogP contribution is -2.24. The number of nitrogens with one attached hydrogen (secondary N) is 1. The van der Waals surface area contributed by atoms with Gasteiger partial charge in [0.1, 0.15) is 11.5 Å². The van der Waals surface area contributed by atoms with Crippen molar-refractivity contribution in [2.75, 3.05) is 11.4 Å². The predicted molar refractivity (Wildman–Crippen MR) is 127 cm³/mol. The van der Waals surface area contributed by atoms with E-state index in [4.69, 9.17) is 6.42 Å². The molecule has 0 unspecified atom stereocenters. The zero-order valence-corrected chi connectivity index (χ0v) is 19.8. The summed E-state index contributed by atoms with van der Waals surface area (Å²) in [5, 5.41) is 0.390. The molecule has 7 nitrogen and oxygen atoms in total. The van der Waals surface area contributed by atoms with Crippen LogP contribution in [0.25, 0.3) is 10.9 Å². The quantitative estimate of drug-likeness (QED) is 0.0991. The molecule has 0 amide bonds. The number of hydrogen-bond donors (Lipinski definition) is 1. The molecule has 0 aliphatic carbocycles. The van der Waals surface area contributed by atoms with Crippen LogP contribution in [0, 0.1) is 55.3 Å². The minimum atomic E-state index is -2.38. The zero-order valence-electron chi connectivity index (χ0n) is 19.8. The van der Waals surface area contributed by atoms with E-state index in [1.54, 1.807) is 24.0 Å². The summed E-state index contributed by atoms with van der Waals surface area (Å²) in [6.07, 6.45) is 6.73. The molecule has 194 valence electrons. The van der Waals surface area contributed by atoms with Crippen molar-refractivity contribution in [2.45, 2.75) is 20.4 Å². The van der Waals surface area contributed by atoms with E-state index in [-0.39, 0.29) is 18.6 Å². The first-order valence-electron chi connectivity index (χ1n) is 10.9. The molecule has 2 heterocycles. The molecule has 0 saturated heterocycles. The second-order valence-electron chi connectivity index (χ2n) is 8.20. The van der Waals surface area contributed by atoms with Gasteiger partial charge in [0.15, 0.2) is 0 Å². The van der Waals surface area contributed by atoms with Crippen LogP contribution in [0.2, 0.25) is 0 Å². The number of aryl methyl sites for hydroxylation is 2. The number of H-pyrrole nitrogens is 1. The van der Waals surface area contributed by atoms with Gasteiger partial charge in [0, 0.05) is 6.54 Å². The van der Waals surface area contributed by atoms with Gasteiger partial charge in [-0.05, 0) is 49.2 Å². The van der Waals surface area contributed by atoms with E-state index in [0.717, 1.165) is 17.2 Å². The third-order valence-electron chi connectivity index (χ3n) is 5.61. The average Bonchev–Trinajstić information content (AvgIpc) is 2.89. The number of anilines is 1. The zero-order chi connectivity index (χ0) is 27.7. The Morgan fingerprint density at radius 3 is 2.32 bits per heavy atom. The summed E-state index contributed by atoms with van der Waals surface area (Å²) in [4.78, 5) is 37.2. The number of aromatic nitrogens is 3. The first kappa shape index (κ1) is 26.3. The number of rotatable bonds is 6. The standard InChI is InChI=1S/C26H17F5N4O3/c1-4-7-35(11-14-9-16-18(8-12(14)2)33-13(3)34-25(16)36)15-5-6-17(32-10-15)26(37)38-24-22(30)20(28)19(27)21(29)23(24)31/h1,5-6,8-10H,7,11H2,2-3H3,(H,33,34,36). The Morgan fingerprint density at radius 1 is 1.05 bits per heavy atom. The molecule has 4 rings (SSSR count). The predicted octanol–water partition coefficient (Wildman–Crippen LogP) is 4.49. The van der Waals surface area contributed by atoms with E-state index in [1.807, 2.05) is 6.92 Å². The number of benzene rings is 2. The number of pyridine rings is 1. The highest BCUT2D eigenvalue weighted by Crippen LogP contribution is 2.30. The number of ether oxygens (including phenoxy) is 1. The number of carbonyl (C=O) groups is 1. The fraction of sp³-hybridized carbons (Fsp3) is 0.154. The van der Waals surface area contributed by atoms with Crippen LogP contribution in [0.3, 0.4) is 0 Å². The van der Waals surface area contributed by atoms with Crippen LogP contribution < -0.4 is 15.2 Å². The first-order valence-corrected chi connectivity index (χ1v) is 10.9. The van der Waals surface area contributed by atoms with Gasteiger partial charge in [-0.25, -0.2) is 27.9 Å². The Balaban J connectivity index is 1.59. The minimum Gasteiger partial charge on any atom is -0.415 e. The van der Waals surface area contributed by atoms with Crippen molar-refractivity contribution in [1.29, 1.82) is 0 Å². The molecular weight excluding hydrogens is 511 g/mol. The highest BCUT2D eigenvalue weighted by molar-refractivity contribution is 5.89. The molecule has 38 heavy (non-hydrogen) atoms. The van der Waals surface area contributed by atoms with Gasteiger partial charge < -0.3 is 14.6 Å². The molecule has 2 aromatic heterocycles. The van der Waals surface area contributed by atoms with Gasteiger partial charge >= 0.3 is 5.97 Å². The number of aromatic amines is 1. The van der Waals surface area contributed by atoms with Crippen molar-refractivity contribution in [3.05, 3.63) is 92.5 Å². The minimum absolute atomic E-state index is 0.107. The number of terminal acetylenes is 1. The summed E-state index contributed by atoms with van der Waals surface area (Å²) in [6, 6.07) is 6.02. The average molecular weight is 528 g/mol. The van der Waals surface area contributed by atoms with Crippen molar-refractivity contribution in [3.63, 3.8) is 0 Å². The number of hydrogen-bond acceptors (Lipinski definition) is 6. The number of esters is 1. The molecule has 0 spiro atoms. The van der Waals surface area contributed by atoms with Gasteiger partial charge in [0.2, 0.25) is 34.8 Å². The van der Waals surface area contributed by atoms with Crippen LogP contribution in [0.4, 0.5) is 27.6 Å². The maximum Gasteiger partial charge on any atom is 0.362 e. The SMILES string of the molecule is C#CCN(Cc1cc2c(=O)[nH]c(C)nc2cc1C)c1ccc(C(=O)Oc2c(F)c(F)c(F)c(F)c2F)nc1. The Morgan fingerprint density at radius 2 is 1.71 bits per heavy atom. The molecular formula is C26H17F5N4O3. The molecule has 0 saturated carbocycles. The lowest BCUT2D eigenvalue weighted by Gasteiger charge is -2.23. The van der Waals surface area contributed by atoms with Crippen molar-refractivity contribution in [2.24, 2.45) is 0 Å². The maximum absolute atomic E-state index is 13.8. The molecule has 0 radical (unpaired) electrons. The molecule has 12 heteroatoms. The topological polar surface area (TPSA) is 88.2 Å². The van der Waals surface area contributed by atoms with Gasteiger partial charge in [-0.1, -0.05) is 5.92 Å². The lowest BCUT2D eigenvalue weighted by molar-refractivity contribution is 0.0710. The highest BCUT2D eigenvalue weighted by atomic mass is 19.2. The summed E-state index contributed by atoms with van der Waals surface area (Å²) in [5.74, 6) is -11.7. The highest BCUT2D eigenvalue weighted by Gasteiger charge is 2.29. The Bertz CT molecular complexity index is 1650. The number of nitrogens with zero attached hydrogens (tertiary/aromatic N) is 3. The van der Waals surface area contributed by atoms with E-state index in [9.17, 15) is 31.5 Å². The summed E-state index contributed by atoms with van der Waals surface area (Å²) < 4.78 is 72.1. The van der Waals surface area contributed by atoms with E-state index in [2.05, 4.69) is 25.6 Å². The number of carbonyl (C=O) groups excluding carboxylic acids is 1. The van der Waals surface area contributed by atoms with Crippen molar-refractivity contribution in [1.82, 2.24) is 15.0 Å². The van der Waals surface area contributed by atoms with Crippen LogP contribution in [-0.4, -0.2) is 27.5 Å². The van der Waals surface area contributed by atoms with Gasteiger partial charge in [0.05, 0.1) is 29.3 Å². The van der Waals surface area contributed by atoms with Crippen LogP contribution in [0.1, 0.15) is 27.4 Å². The van der Waals surface area contributed by atoms with Crippen LogP contribution >= 0.6 is 0 Å². The molecule has 4 aromatic rings. The smallest absolute Gasteiger partial charge is 0.362 e. The second kappa shape index (κ2) is 10.3. The van der Waals surface area contributed by atoms with Gasteiger partial charge in [-0.2, -0.15) is 8.78 Å². The van der Waals surface area contributed by atoms with Crippen LogP contribution in [0.15, 0.2) is 35.3 Å². The molecule has 0 fully saturated rings. The third-order valence-corrected chi connectivity index (χ3v) is 5.61. The molecule has 0 aliphatic heterocycles. The summed E-state index contributed by atoms with van der Waals surface area (Å²) in [7, 11) is 0. The third kappa shape index (κ3) is 4.90. The van der Waals surface area contributed by atoms with E-state index in [0.29, 0.717) is 22.4 Å². The fourth-order valence-electron chi connectivity index (χ4n) is 3.69.